The monoisotopic (exact) mass is 411 g/mol. The molecule has 0 saturated carbocycles. The van der Waals surface area contributed by atoms with E-state index in [9.17, 15) is 18.0 Å². The van der Waals surface area contributed by atoms with E-state index >= 15 is 0 Å². The van der Waals surface area contributed by atoms with Gasteiger partial charge in [0.05, 0.1) is 40.4 Å². The lowest BCUT2D eigenvalue weighted by Gasteiger charge is -2.12. The Bertz CT molecular complexity index is 987. The average Bonchev–Trinajstić information content (AvgIpc) is 2.61. The van der Waals surface area contributed by atoms with Crippen molar-refractivity contribution in [2.75, 3.05) is 18.4 Å². The van der Waals surface area contributed by atoms with Crippen LogP contribution in [0.15, 0.2) is 41.3 Å². The van der Waals surface area contributed by atoms with E-state index in [0.717, 1.165) is 0 Å². The van der Waals surface area contributed by atoms with E-state index < -0.39 is 22.0 Å². The molecule has 0 spiro atoms. The van der Waals surface area contributed by atoms with E-state index in [1.54, 1.807) is 13.8 Å². The van der Waals surface area contributed by atoms with Gasteiger partial charge in [-0.1, -0.05) is 17.7 Å². The Balaban J connectivity index is 2.35. The van der Waals surface area contributed by atoms with Gasteiger partial charge in [-0.3, -0.25) is 4.72 Å². The van der Waals surface area contributed by atoms with Crippen molar-refractivity contribution in [3.8, 4) is 0 Å². The van der Waals surface area contributed by atoms with Gasteiger partial charge in [-0.2, -0.15) is 0 Å². The number of ether oxygens (including phenoxy) is 2. The van der Waals surface area contributed by atoms with Crippen LogP contribution in [0.2, 0.25) is 5.02 Å². The van der Waals surface area contributed by atoms with Crippen LogP contribution < -0.4 is 4.72 Å². The Morgan fingerprint density at radius 3 is 2.41 bits per heavy atom. The summed E-state index contributed by atoms with van der Waals surface area (Å²) in [6.07, 6.45) is 0. The molecule has 0 aliphatic heterocycles. The lowest BCUT2D eigenvalue weighted by atomic mass is 10.1. The number of aryl methyl sites for hydroxylation is 1. The minimum Gasteiger partial charge on any atom is -0.465 e. The number of esters is 2. The van der Waals surface area contributed by atoms with Gasteiger partial charge in [0.2, 0.25) is 0 Å². The molecule has 0 aromatic heterocycles. The standard InChI is InChI=1S/C18H18ClNO6S/c1-4-26-18(22)14-8-7-13(10-15(14)19)20-27(23,24)16-9-12(17(21)25-3)6-5-11(16)2/h5-10,20H,4H2,1-3H3. The van der Waals surface area contributed by atoms with Crippen LogP contribution in [0.1, 0.15) is 33.2 Å². The third kappa shape index (κ3) is 4.78. The molecule has 27 heavy (non-hydrogen) atoms. The van der Waals surface area contributed by atoms with Gasteiger partial charge in [0.15, 0.2) is 0 Å². The van der Waals surface area contributed by atoms with E-state index in [4.69, 9.17) is 16.3 Å². The minimum absolute atomic E-state index is 0.0497. The number of carbonyl (C=O) groups excluding carboxylic acids is 2. The van der Waals surface area contributed by atoms with E-state index in [-0.39, 0.29) is 33.3 Å². The Kier molecular flexibility index (Phi) is 6.45. The van der Waals surface area contributed by atoms with Gasteiger partial charge in [-0.15, -0.1) is 0 Å². The van der Waals surface area contributed by atoms with Crippen molar-refractivity contribution in [1.82, 2.24) is 0 Å². The Morgan fingerprint density at radius 1 is 1.11 bits per heavy atom. The molecule has 0 unspecified atom stereocenters. The van der Waals surface area contributed by atoms with E-state index in [0.29, 0.717) is 5.56 Å². The molecule has 0 aliphatic rings. The van der Waals surface area contributed by atoms with Crippen molar-refractivity contribution in [2.45, 2.75) is 18.7 Å². The maximum Gasteiger partial charge on any atom is 0.339 e. The number of carbonyl (C=O) groups is 2. The smallest absolute Gasteiger partial charge is 0.339 e. The Morgan fingerprint density at radius 2 is 1.81 bits per heavy atom. The second-order valence-corrected chi connectivity index (χ2v) is 7.55. The fourth-order valence-electron chi connectivity index (χ4n) is 2.30. The van der Waals surface area contributed by atoms with Gasteiger partial charge < -0.3 is 9.47 Å². The molecule has 0 bridgehead atoms. The number of nitrogens with one attached hydrogen (secondary N) is 1. The highest BCUT2D eigenvalue weighted by Gasteiger charge is 2.21. The summed E-state index contributed by atoms with van der Waals surface area (Å²) in [5, 5.41) is 0.0497. The number of halogens is 1. The fraction of sp³-hybridized carbons (Fsp3) is 0.222. The zero-order chi connectivity index (χ0) is 20.2. The third-order valence-electron chi connectivity index (χ3n) is 3.62. The maximum absolute atomic E-state index is 12.7. The Labute approximate surface area is 162 Å². The summed E-state index contributed by atoms with van der Waals surface area (Å²) >= 11 is 6.05. The van der Waals surface area contributed by atoms with Crippen LogP contribution in [0.4, 0.5) is 5.69 Å². The zero-order valence-corrected chi connectivity index (χ0v) is 16.5. The number of rotatable bonds is 6. The molecule has 2 rings (SSSR count). The van der Waals surface area contributed by atoms with Gasteiger partial charge in [0.25, 0.3) is 10.0 Å². The van der Waals surface area contributed by atoms with Crippen molar-refractivity contribution in [1.29, 1.82) is 0 Å². The zero-order valence-electron chi connectivity index (χ0n) is 14.9. The predicted octanol–water partition coefficient (Wildman–Crippen LogP) is 3.41. The van der Waals surface area contributed by atoms with Crippen LogP contribution >= 0.6 is 11.6 Å². The van der Waals surface area contributed by atoms with Crippen molar-refractivity contribution < 1.29 is 27.5 Å². The summed E-state index contributed by atoms with van der Waals surface area (Å²) in [6, 6.07) is 8.30. The van der Waals surface area contributed by atoms with Crippen LogP contribution in [-0.2, 0) is 19.5 Å². The van der Waals surface area contributed by atoms with Crippen molar-refractivity contribution in [3.63, 3.8) is 0 Å². The van der Waals surface area contributed by atoms with Gasteiger partial charge in [0, 0.05) is 0 Å². The largest absolute Gasteiger partial charge is 0.465 e. The summed E-state index contributed by atoms with van der Waals surface area (Å²) in [7, 11) is -2.79. The first-order valence-electron chi connectivity index (χ1n) is 7.88. The molecule has 0 heterocycles. The molecule has 0 radical (unpaired) electrons. The van der Waals surface area contributed by atoms with Crippen LogP contribution in [0.25, 0.3) is 0 Å². The Hall–Kier alpha value is -2.58. The molecular weight excluding hydrogens is 394 g/mol. The second-order valence-electron chi connectivity index (χ2n) is 5.49. The number of hydrogen-bond acceptors (Lipinski definition) is 6. The molecule has 0 saturated heterocycles. The first-order valence-corrected chi connectivity index (χ1v) is 9.74. The minimum atomic E-state index is -4.00. The predicted molar refractivity (Wildman–Crippen MR) is 101 cm³/mol. The van der Waals surface area contributed by atoms with Gasteiger partial charge in [-0.05, 0) is 49.7 Å². The summed E-state index contributed by atoms with van der Waals surface area (Å²) < 4.78 is 37.3. The number of sulfonamides is 1. The molecular formula is C18H18ClNO6S. The molecule has 9 heteroatoms. The first kappa shape index (κ1) is 20.7. The van der Waals surface area contributed by atoms with E-state index in [1.165, 1.54) is 43.5 Å². The van der Waals surface area contributed by atoms with Gasteiger partial charge in [-0.25, -0.2) is 18.0 Å². The molecule has 0 amide bonds. The summed E-state index contributed by atoms with van der Waals surface area (Å²) in [5.41, 5.74) is 0.852. The number of methoxy groups -OCH3 is 1. The quantitative estimate of drug-likeness (QED) is 0.731. The van der Waals surface area contributed by atoms with Crippen molar-refractivity contribution >= 4 is 39.3 Å². The number of anilines is 1. The summed E-state index contributed by atoms with van der Waals surface area (Å²) in [5.74, 6) is -1.24. The van der Waals surface area contributed by atoms with Crippen molar-refractivity contribution in [3.05, 3.63) is 58.1 Å². The maximum atomic E-state index is 12.7. The molecule has 1 N–H and O–H groups in total. The highest BCUT2D eigenvalue weighted by atomic mass is 35.5. The van der Waals surface area contributed by atoms with Crippen LogP contribution in [0, 0.1) is 6.92 Å². The molecule has 7 nitrogen and oxygen atoms in total. The van der Waals surface area contributed by atoms with Crippen molar-refractivity contribution in [2.24, 2.45) is 0 Å². The fourth-order valence-corrected chi connectivity index (χ4v) is 3.88. The SMILES string of the molecule is CCOC(=O)c1ccc(NS(=O)(=O)c2cc(C(=O)OC)ccc2C)cc1Cl. The van der Waals surface area contributed by atoms with Gasteiger partial charge >= 0.3 is 11.9 Å². The normalized spacial score (nSPS) is 11.0. The second kappa shape index (κ2) is 8.41. The highest BCUT2D eigenvalue weighted by molar-refractivity contribution is 7.92. The average molecular weight is 412 g/mol. The summed E-state index contributed by atoms with van der Waals surface area (Å²) in [6.45, 7) is 3.46. The lowest BCUT2D eigenvalue weighted by molar-refractivity contribution is 0.0525. The van der Waals surface area contributed by atoms with Gasteiger partial charge in [0.1, 0.15) is 0 Å². The molecule has 0 aliphatic carbocycles. The topological polar surface area (TPSA) is 98.8 Å². The van der Waals surface area contributed by atoms with Crippen LogP contribution in [0.3, 0.4) is 0 Å². The first-order chi connectivity index (χ1) is 12.7. The molecule has 2 aromatic carbocycles. The molecule has 0 fully saturated rings. The number of benzene rings is 2. The lowest BCUT2D eigenvalue weighted by Crippen LogP contribution is -2.16. The van der Waals surface area contributed by atoms with Crippen LogP contribution in [-0.4, -0.2) is 34.1 Å². The summed E-state index contributed by atoms with van der Waals surface area (Å²) in [4.78, 5) is 23.4. The highest BCUT2D eigenvalue weighted by Crippen LogP contribution is 2.25. The van der Waals surface area contributed by atoms with Crippen LogP contribution in [0.5, 0.6) is 0 Å². The van der Waals surface area contributed by atoms with E-state index in [1.807, 2.05) is 0 Å². The number of hydrogen-bond donors (Lipinski definition) is 1. The molecule has 2 aromatic rings. The third-order valence-corrected chi connectivity index (χ3v) is 5.45. The molecule has 0 atom stereocenters. The molecule has 144 valence electrons. The van der Waals surface area contributed by atoms with E-state index in [2.05, 4.69) is 9.46 Å².